The molecule has 98 valence electrons. The quantitative estimate of drug-likeness (QED) is 0.871. The molecule has 5 heteroatoms. The van der Waals surface area contributed by atoms with E-state index in [1.807, 2.05) is 25.6 Å². The molecule has 2 rings (SSSR count). The van der Waals surface area contributed by atoms with Crippen LogP contribution in [0.15, 0.2) is 18.6 Å². The fourth-order valence-electron chi connectivity index (χ4n) is 1.81. The van der Waals surface area contributed by atoms with Crippen LogP contribution in [0.5, 0.6) is 0 Å². The van der Waals surface area contributed by atoms with E-state index in [-0.39, 0.29) is 0 Å². The molecule has 0 radical (unpaired) electrons. The predicted octanol–water partition coefficient (Wildman–Crippen LogP) is 2.33. The van der Waals surface area contributed by atoms with E-state index >= 15 is 0 Å². The van der Waals surface area contributed by atoms with Gasteiger partial charge in [-0.25, -0.2) is 9.97 Å². The number of nitrogens with zero attached hydrogens (tertiary/aromatic N) is 3. The van der Waals surface area contributed by atoms with E-state index in [1.165, 1.54) is 9.88 Å². The first-order chi connectivity index (χ1) is 8.70. The summed E-state index contributed by atoms with van der Waals surface area (Å²) in [5.41, 5.74) is 0. The summed E-state index contributed by atoms with van der Waals surface area (Å²) in [6.07, 6.45) is 7.81. The lowest BCUT2D eigenvalue weighted by Crippen LogP contribution is -2.22. The molecule has 0 saturated carbocycles. The van der Waals surface area contributed by atoms with Crippen LogP contribution < -0.4 is 5.32 Å². The lowest BCUT2D eigenvalue weighted by molar-refractivity contribution is 0.562. The molecule has 0 bridgehead atoms. The minimum atomic E-state index is 0.315. The van der Waals surface area contributed by atoms with E-state index in [0.29, 0.717) is 6.04 Å². The Kier molecular flexibility index (Phi) is 4.49. The van der Waals surface area contributed by atoms with Crippen LogP contribution in [-0.4, -0.2) is 21.1 Å². The number of hydrogen-bond donors (Lipinski definition) is 1. The summed E-state index contributed by atoms with van der Waals surface area (Å²) in [4.78, 5) is 10.1. The van der Waals surface area contributed by atoms with Gasteiger partial charge >= 0.3 is 0 Å². The Morgan fingerprint density at radius 1 is 1.44 bits per heavy atom. The van der Waals surface area contributed by atoms with E-state index in [2.05, 4.69) is 33.7 Å². The molecule has 1 N–H and O–H groups in total. The van der Waals surface area contributed by atoms with E-state index in [0.717, 1.165) is 25.2 Å². The van der Waals surface area contributed by atoms with E-state index in [4.69, 9.17) is 0 Å². The highest BCUT2D eigenvalue weighted by Crippen LogP contribution is 2.19. The van der Waals surface area contributed by atoms with Crippen molar-refractivity contribution in [2.75, 3.05) is 6.54 Å². The second kappa shape index (κ2) is 6.11. The van der Waals surface area contributed by atoms with Gasteiger partial charge in [-0.2, -0.15) is 0 Å². The van der Waals surface area contributed by atoms with Gasteiger partial charge in [0.05, 0.1) is 6.04 Å². The van der Waals surface area contributed by atoms with E-state index < -0.39 is 0 Å². The Balaban J connectivity index is 1.81. The Bertz CT molecular complexity index is 489. The van der Waals surface area contributed by atoms with Gasteiger partial charge in [-0.1, -0.05) is 6.92 Å². The number of aromatic nitrogens is 3. The second-order valence-electron chi connectivity index (χ2n) is 4.40. The second-order valence-corrected chi connectivity index (χ2v) is 5.55. The number of aryl methyl sites for hydroxylation is 2. The van der Waals surface area contributed by atoms with Gasteiger partial charge in [-0.05, 0) is 13.3 Å². The fraction of sp³-hybridized carbons (Fsp3) is 0.538. The zero-order valence-electron chi connectivity index (χ0n) is 11.2. The lowest BCUT2D eigenvalue weighted by atomic mass is 10.3. The molecule has 2 aromatic rings. The number of nitrogens with one attached hydrogen (secondary N) is 1. The minimum absolute atomic E-state index is 0.315. The zero-order valence-corrected chi connectivity index (χ0v) is 12.0. The van der Waals surface area contributed by atoms with Crippen molar-refractivity contribution < 1.29 is 0 Å². The normalized spacial score (nSPS) is 12.8. The number of imidazole rings is 1. The van der Waals surface area contributed by atoms with Crippen molar-refractivity contribution >= 4 is 11.3 Å². The highest BCUT2D eigenvalue weighted by molar-refractivity contribution is 7.11. The molecule has 2 aromatic heterocycles. The molecule has 0 aliphatic heterocycles. The maximum atomic E-state index is 4.46. The van der Waals surface area contributed by atoms with Crippen LogP contribution in [0.3, 0.4) is 0 Å². The van der Waals surface area contributed by atoms with Crippen LogP contribution in [0.25, 0.3) is 0 Å². The Hall–Kier alpha value is -1.20. The standard InChI is InChI=1S/C13H20N4S/c1-4-11-9-16-13(18-11)10(2)14-6-5-12-15-7-8-17(12)3/h7-10,14H,4-6H2,1-3H3. The van der Waals surface area contributed by atoms with Crippen molar-refractivity contribution in [1.82, 2.24) is 19.9 Å². The SMILES string of the molecule is CCc1cnc(C(C)NCCc2nccn2C)s1. The molecule has 0 aliphatic rings. The van der Waals surface area contributed by atoms with Gasteiger partial charge in [-0.3, -0.25) is 0 Å². The summed E-state index contributed by atoms with van der Waals surface area (Å²) < 4.78 is 2.06. The number of rotatable bonds is 6. The maximum absolute atomic E-state index is 4.46. The van der Waals surface area contributed by atoms with Crippen LogP contribution in [0, 0.1) is 0 Å². The molecular formula is C13H20N4S. The molecule has 0 aromatic carbocycles. The fourth-order valence-corrected chi connectivity index (χ4v) is 2.70. The lowest BCUT2D eigenvalue weighted by Gasteiger charge is -2.10. The predicted molar refractivity (Wildman–Crippen MR) is 74.8 cm³/mol. The number of thiazole rings is 1. The topological polar surface area (TPSA) is 42.7 Å². The van der Waals surface area contributed by atoms with Crippen molar-refractivity contribution in [3.8, 4) is 0 Å². The van der Waals surface area contributed by atoms with Gasteiger partial charge in [0.1, 0.15) is 10.8 Å². The maximum Gasteiger partial charge on any atom is 0.109 e. The molecule has 0 fully saturated rings. The van der Waals surface area contributed by atoms with Gasteiger partial charge in [0.2, 0.25) is 0 Å². The third kappa shape index (κ3) is 3.17. The molecule has 2 heterocycles. The highest BCUT2D eigenvalue weighted by Gasteiger charge is 2.09. The smallest absolute Gasteiger partial charge is 0.109 e. The Labute approximate surface area is 112 Å². The summed E-state index contributed by atoms with van der Waals surface area (Å²) >= 11 is 1.80. The van der Waals surface area contributed by atoms with Crippen molar-refractivity contribution in [3.63, 3.8) is 0 Å². The molecule has 4 nitrogen and oxygen atoms in total. The van der Waals surface area contributed by atoms with Crippen molar-refractivity contribution in [2.24, 2.45) is 7.05 Å². The Morgan fingerprint density at radius 2 is 2.28 bits per heavy atom. The summed E-state index contributed by atoms with van der Waals surface area (Å²) in [5.74, 6) is 1.11. The van der Waals surface area contributed by atoms with Crippen molar-refractivity contribution in [1.29, 1.82) is 0 Å². The first-order valence-electron chi connectivity index (χ1n) is 6.35. The molecule has 18 heavy (non-hydrogen) atoms. The van der Waals surface area contributed by atoms with Gasteiger partial charge in [-0.15, -0.1) is 11.3 Å². The van der Waals surface area contributed by atoms with Crippen LogP contribution >= 0.6 is 11.3 Å². The van der Waals surface area contributed by atoms with E-state index in [1.54, 1.807) is 11.3 Å². The average molecular weight is 264 g/mol. The van der Waals surface area contributed by atoms with Crippen molar-refractivity contribution in [3.05, 3.63) is 34.3 Å². The molecule has 1 atom stereocenters. The summed E-state index contributed by atoms with van der Waals surface area (Å²) in [6, 6.07) is 0.315. The monoisotopic (exact) mass is 264 g/mol. The van der Waals surface area contributed by atoms with Gasteiger partial charge < -0.3 is 9.88 Å². The molecule has 0 aliphatic carbocycles. The van der Waals surface area contributed by atoms with E-state index in [9.17, 15) is 0 Å². The van der Waals surface area contributed by atoms with Crippen molar-refractivity contribution in [2.45, 2.75) is 32.7 Å². The van der Waals surface area contributed by atoms with Crippen LogP contribution in [0.4, 0.5) is 0 Å². The first kappa shape index (κ1) is 13.2. The number of hydrogen-bond acceptors (Lipinski definition) is 4. The highest BCUT2D eigenvalue weighted by atomic mass is 32.1. The van der Waals surface area contributed by atoms with Crippen LogP contribution in [0.1, 0.15) is 35.6 Å². The summed E-state index contributed by atoms with van der Waals surface area (Å²) in [5, 5.41) is 4.67. The van der Waals surface area contributed by atoms with Gasteiger partial charge in [0.25, 0.3) is 0 Å². The van der Waals surface area contributed by atoms with Crippen LogP contribution in [0.2, 0.25) is 0 Å². The molecule has 0 saturated heterocycles. The van der Waals surface area contributed by atoms with Crippen LogP contribution in [-0.2, 0) is 19.9 Å². The molecule has 0 spiro atoms. The third-order valence-electron chi connectivity index (χ3n) is 3.01. The summed E-state index contributed by atoms with van der Waals surface area (Å²) in [7, 11) is 2.03. The van der Waals surface area contributed by atoms with Gasteiger partial charge in [0, 0.05) is 43.5 Å². The largest absolute Gasteiger partial charge is 0.338 e. The Morgan fingerprint density at radius 3 is 2.89 bits per heavy atom. The zero-order chi connectivity index (χ0) is 13.0. The first-order valence-corrected chi connectivity index (χ1v) is 7.16. The third-order valence-corrected chi connectivity index (χ3v) is 4.33. The minimum Gasteiger partial charge on any atom is -0.338 e. The average Bonchev–Trinajstić information content (AvgIpc) is 2.98. The van der Waals surface area contributed by atoms with Gasteiger partial charge in [0.15, 0.2) is 0 Å². The molecule has 0 amide bonds. The summed E-state index contributed by atoms with van der Waals surface area (Å²) in [6.45, 7) is 5.25. The molecular weight excluding hydrogens is 244 g/mol. The molecule has 1 unspecified atom stereocenters.